The molecule has 0 radical (unpaired) electrons. The van der Waals surface area contributed by atoms with E-state index in [1.807, 2.05) is 74.5 Å². The van der Waals surface area contributed by atoms with Crippen LogP contribution in [0.1, 0.15) is 25.0 Å². The van der Waals surface area contributed by atoms with Gasteiger partial charge >= 0.3 is 0 Å². The van der Waals surface area contributed by atoms with E-state index in [2.05, 4.69) is 0 Å². The van der Waals surface area contributed by atoms with Crippen molar-refractivity contribution in [3.05, 3.63) is 70.6 Å². The molecule has 1 amide bonds. The maximum absolute atomic E-state index is 12.4. The first-order valence-corrected chi connectivity index (χ1v) is 9.31. The molecule has 0 spiro atoms. The van der Waals surface area contributed by atoms with Gasteiger partial charge in [-0.2, -0.15) is 0 Å². The largest absolute Gasteiger partial charge is 0.489 e. The Bertz CT molecular complexity index is 798. The number of ether oxygens (including phenoxy) is 1. The molecule has 0 unspecified atom stereocenters. The molecule has 1 aliphatic rings. The Labute approximate surface area is 157 Å². The van der Waals surface area contributed by atoms with E-state index in [9.17, 15) is 4.79 Å². The molecule has 5 heteroatoms. The molecule has 1 fully saturated rings. The van der Waals surface area contributed by atoms with Gasteiger partial charge < -0.3 is 4.74 Å². The molecular formula is C20H19NO2S2. The van der Waals surface area contributed by atoms with Crippen molar-refractivity contribution in [2.45, 2.75) is 26.5 Å². The van der Waals surface area contributed by atoms with Crippen LogP contribution in [0, 0.1) is 0 Å². The Morgan fingerprint density at radius 2 is 1.80 bits per heavy atom. The van der Waals surface area contributed by atoms with E-state index in [0.717, 1.165) is 16.9 Å². The van der Waals surface area contributed by atoms with Gasteiger partial charge in [-0.05, 0) is 43.2 Å². The minimum absolute atomic E-state index is 0.0191. The number of thioether (sulfide) groups is 1. The summed E-state index contributed by atoms with van der Waals surface area (Å²) in [4.78, 5) is 14.7. The molecule has 25 heavy (non-hydrogen) atoms. The van der Waals surface area contributed by atoms with Crippen molar-refractivity contribution < 1.29 is 9.53 Å². The third-order valence-electron chi connectivity index (χ3n) is 3.77. The summed E-state index contributed by atoms with van der Waals surface area (Å²) in [5.74, 6) is 0.783. The molecule has 0 saturated carbocycles. The first-order chi connectivity index (χ1) is 12.0. The quantitative estimate of drug-likeness (QED) is 0.555. The summed E-state index contributed by atoms with van der Waals surface area (Å²) >= 11 is 6.65. The Hall–Kier alpha value is -2.11. The number of nitrogens with zero attached hydrogens (tertiary/aromatic N) is 1. The van der Waals surface area contributed by atoms with E-state index >= 15 is 0 Å². The maximum Gasteiger partial charge on any atom is 0.266 e. The van der Waals surface area contributed by atoms with E-state index in [0.29, 0.717) is 15.8 Å². The second-order valence-corrected chi connectivity index (χ2v) is 7.66. The first kappa shape index (κ1) is 17.7. The molecule has 1 aliphatic heterocycles. The summed E-state index contributed by atoms with van der Waals surface area (Å²) in [6.07, 6.45) is 1.88. The fourth-order valence-electron chi connectivity index (χ4n) is 2.48. The minimum Gasteiger partial charge on any atom is -0.489 e. The Morgan fingerprint density at radius 1 is 1.12 bits per heavy atom. The summed E-state index contributed by atoms with van der Waals surface area (Å²) in [6, 6.07) is 17.8. The van der Waals surface area contributed by atoms with Gasteiger partial charge in [-0.1, -0.05) is 66.4 Å². The topological polar surface area (TPSA) is 29.5 Å². The molecule has 1 saturated heterocycles. The van der Waals surface area contributed by atoms with E-state index in [1.54, 1.807) is 4.90 Å². The number of carbonyl (C=O) groups is 1. The van der Waals surface area contributed by atoms with Crippen LogP contribution in [0.3, 0.4) is 0 Å². The van der Waals surface area contributed by atoms with Gasteiger partial charge in [-0.15, -0.1) is 0 Å². The second-order valence-electron chi connectivity index (χ2n) is 5.99. The van der Waals surface area contributed by atoms with Crippen molar-refractivity contribution in [3.8, 4) is 5.75 Å². The van der Waals surface area contributed by atoms with Crippen LogP contribution in [0.5, 0.6) is 5.75 Å². The van der Waals surface area contributed by atoms with Crippen molar-refractivity contribution in [2.24, 2.45) is 0 Å². The van der Waals surface area contributed by atoms with E-state index in [-0.39, 0.29) is 11.9 Å². The van der Waals surface area contributed by atoms with Gasteiger partial charge in [0.1, 0.15) is 16.7 Å². The predicted molar refractivity (Wildman–Crippen MR) is 107 cm³/mol. The highest BCUT2D eigenvalue weighted by atomic mass is 32.2. The number of benzene rings is 2. The first-order valence-electron chi connectivity index (χ1n) is 8.08. The number of thiocarbonyl (C=S) groups is 1. The van der Waals surface area contributed by atoms with Crippen molar-refractivity contribution >= 4 is 40.3 Å². The lowest BCUT2D eigenvalue weighted by Crippen LogP contribution is -2.34. The number of amides is 1. The summed E-state index contributed by atoms with van der Waals surface area (Å²) in [7, 11) is 0. The van der Waals surface area contributed by atoms with Crippen LogP contribution < -0.4 is 4.74 Å². The summed E-state index contributed by atoms with van der Waals surface area (Å²) in [5.41, 5.74) is 2.08. The van der Waals surface area contributed by atoms with E-state index in [4.69, 9.17) is 17.0 Å². The van der Waals surface area contributed by atoms with Crippen LogP contribution in [-0.2, 0) is 11.4 Å². The summed E-state index contributed by atoms with van der Waals surface area (Å²) in [5, 5.41) is 0. The van der Waals surface area contributed by atoms with Gasteiger partial charge in [0, 0.05) is 6.04 Å². The van der Waals surface area contributed by atoms with Crippen molar-refractivity contribution in [2.75, 3.05) is 0 Å². The lowest BCUT2D eigenvalue weighted by molar-refractivity contribution is -0.123. The van der Waals surface area contributed by atoms with E-state index in [1.165, 1.54) is 11.8 Å². The molecule has 0 aliphatic carbocycles. The minimum atomic E-state index is -0.0191. The van der Waals surface area contributed by atoms with Crippen LogP contribution in [0.2, 0.25) is 0 Å². The molecular weight excluding hydrogens is 350 g/mol. The number of carbonyl (C=O) groups excluding carboxylic acids is 1. The van der Waals surface area contributed by atoms with Gasteiger partial charge in [-0.3, -0.25) is 9.69 Å². The van der Waals surface area contributed by atoms with Crippen LogP contribution in [0.4, 0.5) is 0 Å². The SMILES string of the molecule is CC(C)N1C(=O)/C(=C\c2ccc(OCc3ccccc3)cc2)SC1=S. The fraction of sp³-hybridized carbons (Fsp3) is 0.200. The van der Waals surface area contributed by atoms with Gasteiger partial charge in [-0.25, -0.2) is 0 Å². The Balaban J connectivity index is 1.66. The molecule has 0 atom stereocenters. The highest BCUT2D eigenvalue weighted by molar-refractivity contribution is 8.26. The van der Waals surface area contributed by atoms with Crippen molar-refractivity contribution in [1.29, 1.82) is 0 Å². The lowest BCUT2D eigenvalue weighted by atomic mass is 10.2. The predicted octanol–water partition coefficient (Wildman–Crippen LogP) is 4.88. The highest BCUT2D eigenvalue weighted by Gasteiger charge is 2.33. The van der Waals surface area contributed by atoms with Crippen LogP contribution in [-0.4, -0.2) is 21.2 Å². The van der Waals surface area contributed by atoms with Crippen LogP contribution in [0.15, 0.2) is 59.5 Å². The number of hydrogen-bond donors (Lipinski definition) is 0. The van der Waals surface area contributed by atoms with Gasteiger partial charge in [0.05, 0.1) is 4.91 Å². The molecule has 0 N–H and O–H groups in total. The number of hydrogen-bond acceptors (Lipinski definition) is 4. The molecule has 3 nitrogen and oxygen atoms in total. The molecule has 0 bridgehead atoms. The zero-order chi connectivity index (χ0) is 17.8. The molecule has 1 heterocycles. The molecule has 2 aromatic rings. The van der Waals surface area contributed by atoms with Gasteiger partial charge in [0.15, 0.2) is 0 Å². The fourth-order valence-corrected chi connectivity index (χ4v) is 4.00. The van der Waals surface area contributed by atoms with Crippen LogP contribution in [0.25, 0.3) is 6.08 Å². The van der Waals surface area contributed by atoms with Crippen LogP contribution >= 0.6 is 24.0 Å². The third kappa shape index (κ3) is 4.30. The van der Waals surface area contributed by atoms with Gasteiger partial charge in [0.25, 0.3) is 5.91 Å². The molecule has 128 valence electrons. The molecule has 2 aromatic carbocycles. The third-order valence-corrected chi connectivity index (χ3v) is 5.10. The van der Waals surface area contributed by atoms with E-state index < -0.39 is 0 Å². The Morgan fingerprint density at radius 3 is 2.40 bits per heavy atom. The monoisotopic (exact) mass is 369 g/mol. The van der Waals surface area contributed by atoms with Crippen molar-refractivity contribution in [1.82, 2.24) is 4.90 Å². The summed E-state index contributed by atoms with van der Waals surface area (Å²) < 4.78 is 6.40. The lowest BCUT2D eigenvalue weighted by Gasteiger charge is -2.18. The van der Waals surface area contributed by atoms with Crippen molar-refractivity contribution in [3.63, 3.8) is 0 Å². The maximum atomic E-state index is 12.4. The van der Waals surface area contributed by atoms with Gasteiger partial charge in [0.2, 0.25) is 0 Å². The Kier molecular flexibility index (Phi) is 5.56. The molecule has 0 aromatic heterocycles. The highest BCUT2D eigenvalue weighted by Crippen LogP contribution is 2.34. The zero-order valence-electron chi connectivity index (χ0n) is 14.1. The average molecular weight is 370 g/mol. The summed E-state index contributed by atoms with van der Waals surface area (Å²) in [6.45, 7) is 4.46. The standard InChI is InChI=1S/C20H19NO2S2/c1-14(2)21-19(22)18(25-20(21)24)12-15-8-10-17(11-9-15)23-13-16-6-4-3-5-7-16/h3-12,14H,13H2,1-2H3/b18-12+. The zero-order valence-corrected chi connectivity index (χ0v) is 15.8. The smallest absolute Gasteiger partial charge is 0.266 e. The normalized spacial score (nSPS) is 16.1. The average Bonchev–Trinajstić information content (AvgIpc) is 2.89. The number of rotatable bonds is 5. The second kappa shape index (κ2) is 7.85. The molecule has 3 rings (SSSR count).